The van der Waals surface area contributed by atoms with Gasteiger partial charge in [-0.05, 0) is 18.9 Å². The molecule has 4 nitrogen and oxygen atoms in total. The Morgan fingerprint density at radius 2 is 1.95 bits per heavy atom. The minimum Gasteiger partial charge on any atom is -0.489 e. The molecule has 0 spiro atoms. The van der Waals surface area contributed by atoms with Crippen LogP contribution in [-0.2, 0) is 10.2 Å². The summed E-state index contributed by atoms with van der Waals surface area (Å²) in [7, 11) is 0. The molecule has 3 rings (SSSR count). The summed E-state index contributed by atoms with van der Waals surface area (Å²) < 4.78 is 11.4. The maximum absolute atomic E-state index is 11.0. The minimum atomic E-state index is -0.782. The summed E-state index contributed by atoms with van der Waals surface area (Å²) in [4.78, 5) is 11.0. The van der Waals surface area contributed by atoms with Crippen molar-refractivity contribution in [3.63, 3.8) is 0 Å². The Hall–Kier alpha value is -1.42. The Labute approximate surface area is 116 Å². The molecule has 1 aromatic rings. The van der Waals surface area contributed by atoms with Crippen LogP contribution >= 0.6 is 11.6 Å². The van der Waals surface area contributed by atoms with Crippen LogP contribution in [0.3, 0.4) is 0 Å². The zero-order valence-corrected chi connectivity index (χ0v) is 11.2. The molecule has 2 aliphatic rings. The van der Waals surface area contributed by atoms with Crippen molar-refractivity contribution in [2.45, 2.75) is 31.1 Å². The standard InChI is InChI=1S/C14H15ClO4/c15-10-3-2-9(14(4-5-14)8-11(16)17)12-13(10)19-7-1-6-18-12/h2-3H,1,4-8H2,(H,16,17). The molecule has 0 bridgehead atoms. The Morgan fingerprint density at radius 3 is 2.58 bits per heavy atom. The van der Waals surface area contributed by atoms with Gasteiger partial charge in [-0.15, -0.1) is 0 Å². The summed E-state index contributed by atoms with van der Waals surface area (Å²) in [5.41, 5.74) is 0.630. The zero-order valence-electron chi connectivity index (χ0n) is 10.4. The second kappa shape index (κ2) is 4.60. The number of carbonyl (C=O) groups is 1. The van der Waals surface area contributed by atoms with E-state index in [1.54, 1.807) is 6.07 Å². The van der Waals surface area contributed by atoms with E-state index in [-0.39, 0.29) is 11.8 Å². The number of aliphatic carboxylic acids is 1. The Balaban J connectivity index is 2.05. The SMILES string of the molecule is O=C(O)CC1(c2ccc(Cl)c3c2OCCCO3)CC1. The summed E-state index contributed by atoms with van der Waals surface area (Å²) >= 11 is 6.14. The average Bonchev–Trinajstić information content (AvgIpc) is 3.13. The Bertz CT molecular complexity index is 522. The second-order valence-electron chi connectivity index (χ2n) is 5.15. The molecule has 1 saturated carbocycles. The third kappa shape index (κ3) is 2.25. The first kappa shape index (κ1) is 12.6. The van der Waals surface area contributed by atoms with Crippen molar-refractivity contribution >= 4 is 17.6 Å². The van der Waals surface area contributed by atoms with Gasteiger partial charge < -0.3 is 14.6 Å². The molecule has 0 unspecified atom stereocenters. The molecule has 0 atom stereocenters. The molecule has 0 saturated heterocycles. The number of hydrogen-bond donors (Lipinski definition) is 1. The molecule has 1 aliphatic heterocycles. The van der Waals surface area contributed by atoms with Crippen molar-refractivity contribution in [2.24, 2.45) is 0 Å². The van der Waals surface area contributed by atoms with Gasteiger partial charge in [0.1, 0.15) is 0 Å². The quantitative estimate of drug-likeness (QED) is 0.926. The van der Waals surface area contributed by atoms with E-state index >= 15 is 0 Å². The largest absolute Gasteiger partial charge is 0.489 e. The van der Waals surface area contributed by atoms with Gasteiger partial charge in [-0.3, -0.25) is 4.79 Å². The predicted octanol–water partition coefficient (Wildman–Crippen LogP) is 3.01. The normalized spacial score (nSPS) is 19.6. The van der Waals surface area contributed by atoms with E-state index in [0.29, 0.717) is 29.7 Å². The highest BCUT2D eigenvalue weighted by atomic mass is 35.5. The number of carboxylic acids is 1. The van der Waals surface area contributed by atoms with Crippen LogP contribution in [-0.4, -0.2) is 24.3 Å². The van der Waals surface area contributed by atoms with Crippen LogP contribution in [0.2, 0.25) is 5.02 Å². The first-order chi connectivity index (χ1) is 9.12. The van der Waals surface area contributed by atoms with Crippen molar-refractivity contribution in [3.05, 3.63) is 22.7 Å². The van der Waals surface area contributed by atoms with E-state index in [0.717, 1.165) is 24.8 Å². The summed E-state index contributed by atoms with van der Waals surface area (Å²) in [6.07, 6.45) is 2.67. The van der Waals surface area contributed by atoms with Crippen molar-refractivity contribution in [1.29, 1.82) is 0 Å². The molecule has 5 heteroatoms. The van der Waals surface area contributed by atoms with Crippen LogP contribution in [0, 0.1) is 0 Å². The highest BCUT2D eigenvalue weighted by Gasteiger charge is 2.48. The number of halogens is 1. The van der Waals surface area contributed by atoms with Gasteiger partial charge in [-0.25, -0.2) is 0 Å². The predicted molar refractivity (Wildman–Crippen MR) is 70.2 cm³/mol. The summed E-state index contributed by atoms with van der Waals surface area (Å²) in [5, 5.41) is 9.59. The van der Waals surface area contributed by atoms with Crippen LogP contribution in [0.25, 0.3) is 0 Å². The van der Waals surface area contributed by atoms with Gasteiger partial charge in [0.25, 0.3) is 0 Å². The minimum absolute atomic E-state index is 0.129. The fraction of sp³-hybridized carbons (Fsp3) is 0.500. The smallest absolute Gasteiger partial charge is 0.304 e. The first-order valence-corrected chi connectivity index (χ1v) is 6.81. The van der Waals surface area contributed by atoms with Crippen molar-refractivity contribution in [2.75, 3.05) is 13.2 Å². The average molecular weight is 283 g/mol. The van der Waals surface area contributed by atoms with E-state index in [2.05, 4.69) is 0 Å². The van der Waals surface area contributed by atoms with Crippen molar-refractivity contribution in [3.8, 4) is 11.5 Å². The lowest BCUT2D eigenvalue weighted by atomic mass is 9.91. The third-order valence-electron chi connectivity index (χ3n) is 3.76. The molecule has 1 fully saturated rings. The van der Waals surface area contributed by atoms with Gasteiger partial charge in [0.15, 0.2) is 11.5 Å². The maximum Gasteiger partial charge on any atom is 0.304 e. The van der Waals surface area contributed by atoms with Crippen LogP contribution in [0.5, 0.6) is 11.5 Å². The third-order valence-corrected chi connectivity index (χ3v) is 4.06. The number of hydrogen-bond acceptors (Lipinski definition) is 3. The maximum atomic E-state index is 11.0. The molecule has 19 heavy (non-hydrogen) atoms. The summed E-state index contributed by atoms with van der Waals surface area (Å²) in [5.74, 6) is 0.424. The zero-order chi connectivity index (χ0) is 13.5. The topological polar surface area (TPSA) is 55.8 Å². The van der Waals surface area contributed by atoms with Crippen molar-refractivity contribution in [1.82, 2.24) is 0 Å². The van der Waals surface area contributed by atoms with Gasteiger partial charge in [0.2, 0.25) is 0 Å². The van der Waals surface area contributed by atoms with Gasteiger partial charge in [-0.2, -0.15) is 0 Å². The van der Waals surface area contributed by atoms with Gasteiger partial charge >= 0.3 is 5.97 Å². The van der Waals surface area contributed by atoms with E-state index in [1.807, 2.05) is 6.07 Å². The fourth-order valence-corrected chi connectivity index (χ4v) is 2.83. The number of benzene rings is 1. The number of fused-ring (bicyclic) bond motifs is 1. The molecule has 1 heterocycles. The second-order valence-corrected chi connectivity index (χ2v) is 5.56. The van der Waals surface area contributed by atoms with Crippen LogP contribution in [0.1, 0.15) is 31.2 Å². The molecule has 0 radical (unpaired) electrons. The molecule has 1 N–H and O–H groups in total. The summed E-state index contributed by atoms with van der Waals surface area (Å²) in [6.45, 7) is 1.14. The molecule has 0 aromatic heterocycles. The first-order valence-electron chi connectivity index (χ1n) is 6.43. The lowest BCUT2D eigenvalue weighted by Gasteiger charge is -2.19. The monoisotopic (exact) mass is 282 g/mol. The van der Waals surface area contributed by atoms with Crippen LogP contribution in [0.4, 0.5) is 0 Å². The fourth-order valence-electron chi connectivity index (χ4n) is 2.62. The van der Waals surface area contributed by atoms with Crippen LogP contribution in [0.15, 0.2) is 12.1 Å². The molecule has 1 aliphatic carbocycles. The van der Waals surface area contributed by atoms with Crippen LogP contribution < -0.4 is 9.47 Å². The van der Waals surface area contributed by atoms with E-state index in [9.17, 15) is 4.79 Å². The Morgan fingerprint density at radius 1 is 1.26 bits per heavy atom. The van der Waals surface area contributed by atoms with Gasteiger partial charge in [0, 0.05) is 17.4 Å². The van der Waals surface area contributed by atoms with E-state index in [4.69, 9.17) is 26.2 Å². The highest BCUT2D eigenvalue weighted by molar-refractivity contribution is 6.32. The molecule has 0 amide bonds. The van der Waals surface area contributed by atoms with Crippen molar-refractivity contribution < 1.29 is 19.4 Å². The number of ether oxygens (including phenoxy) is 2. The summed E-state index contributed by atoms with van der Waals surface area (Å²) in [6, 6.07) is 3.65. The molecular formula is C14H15ClO4. The van der Waals surface area contributed by atoms with E-state index in [1.165, 1.54) is 0 Å². The molecule has 102 valence electrons. The molecule has 1 aromatic carbocycles. The number of rotatable bonds is 3. The lowest BCUT2D eigenvalue weighted by molar-refractivity contribution is -0.137. The highest BCUT2D eigenvalue weighted by Crippen LogP contribution is 2.56. The number of carboxylic acid groups (broad SMARTS) is 1. The lowest BCUT2D eigenvalue weighted by Crippen LogP contribution is -2.14. The van der Waals surface area contributed by atoms with E-state index < -0.39 is 5.97 Å². The van der Waals surface area contributed by atoms with Gasteiger partial charge in [0.05, 0.1) is 24.7 Å². The molecular weight excluding hydrogens is 268 g/mol. The van der Waals surface area contributed by atoms with Gasteiger partial charge in [-0.1, -0.05) is 17.7 Å². The Kier molecular flexibility index (Phi) is 3.05.